The predicted molar refractivity (Wildman–Crippen MR) is 232 cm³/mol. The maximum absolute atomic E-state index is 14.7. The van der Waals surface area contributed by atoms with Gasteiger partial charge in [0.25, 0.3) is 5.09 Å². The lowest BCUT2D eigenvalue weighted by atomic mass is 9.75. The van der Waals surface area contributed by atoms with Crippen molar-refractivity contribution in [1.82, 2.24) is 9.80 Å². The normalized spacial score (nSPS) is 42.7. The highest BCUT2D eigenvalue weighted by Crippen LogP contribution is 2.42. The lowest BCUT2D eigenvalue weighted by Crippen LogP contribution is -2.61. The number of carbonyl (C=O) groups is 3. The Balaban J connectivity index is 2.29. The number of hydrogen-bond acceptors (Lipinski definition) is 17. The third-order valence-electron chi connectivity index (χ3n) is 14.0. The minimum atomic E-state index is -1.66. The van der Waals surface area contributed by atoms with Crippen LogP contribution in [0.5, 0.6) is 0 Å². The minimum absolute atomic E-state index is 0.0412. The van der Waals surface area contributed by atoms with Gasteiger partial charge in [0.2, 0.25) is 0 Å². The molecule has 0 unspecified atom stereocenters. The van der Waals surface area contributed by atoms with Gasteiger partial charge in [-0.05, 0) is 94.8 Å². The van der Waals surface area contributed by atoms with Crippen LogP contribution in [-0.2, 0) is 52.4 Å². The second kappa shape index (κ2) is 22.8. The van der Waals surface area contributed by atoms with Gasteiger partial charge >= 0.3 is 11.9 Å². The zero-order valence-corrected chi connectivity index (χ0v) is 40.9. The van der Waals surface area contributed by atoms with Crippen molar-refractivity contribution in [3.05, 3.63) is 10.1 Å². The van der Waals surface area contributed by atoms with Gasteiger partial charge in [-0.2, -0.15) is 0 Å². The lowest BCUT2D eigenvalue weighted by molar-refractivity contribution is -0.776. The number of carbonyl (C=O) groups excluding carboxylic acids is 3. The van der Waals surface area contributed by atoms with Crippen LogP contribution in [0.2, 0.25) is 0 Å². The van der Waals surface area contributed by atoms with Gasteiger partial charge in [-0.3, -0.25) is 14.4 Å². The van der Waals surface area contributed by atoms with E-state index >= 15 is 0 Å². The Morgan fingerprint density at radius 2 is 1.59 bits per heavy atom. The third-order valence-corrected chi connectivity index (χ3v) is 14.0. The van der Waals surface area contributed by atoms with E-state index in [4.69, 9.17) is 38.0 Å². The molecule has 3 heterocycles. The molecule has 0 aromatic heterocycles. The van der Waals surface area contributed by atoms with Gasteiger partial charge in [-0.25, -0.2) is 0 Å². The van der Waals surface area contributed by atoms with Crippen LogP contribution in [0.4, 0.5) is 0 Å². The number of Topliss-reactive ketones (excluding diaryl/α,β-unsaturated/α-hetero) is 1. The summed E-state index contributed by atoms with van der Waals surface area (Å²) >= 11 is 0. The molecule has 18 nitrogen and oxygen atoms in total. The first kappa shape index (κ1) is 54.8. The molecule has 0 bridgehead atoms. The number of methoxy groups -OCH3 is 1. The van der Waals surface area contributed by atoms with E-state index in [-0.39, 0.29) is 68.4 Å². The average molecular weight is 904 g/mol. The number of likely N-dealkylation sites (N-methyl/N-ethyl adjacent to an activating group) is 1. The summed E-state index contributed by atoms with van der Waals surface area (Å²) in [7, 11) is 7.09. The maximum atomic E-state index is 14.7. The summed E-state index contributed by atoms with van der Waals surface area (Å²) in [5.41, 5.74) is -4.59. The first-order valence-corrected chi connectivity index (χ1v) is 22.9. The first-order valence-electron chi connectivity index (χ1n) is 22.9. The zero-order chi connectivity index (χ0) is 47.9. The van der Waals surface area contributed by atoms with E-state index in [1.807, 2.05) is 46.8 Å². The molecule has 18 heteroatoms. The molecule has 3 fully saturated rings. The molecule has 0 radical (unpaired) electrons. The molecule has 0 aromatic rings. The molecule has 18 atom stereocenters. The third kappa shape index (κ3) is 13.5. The van der Waals surface area contributed by atoms with Crippen molar-refractivity contribution in [1.29, 1.82) is 0 Å². The topological polar surface area (TPSA) is 215 Å². The highest BCUT2D eigenvalue weighted by atomic mass is 17.0. The van der Waals surface area contributed by atoms with E-state index in [2.05, 4.69) is 4.90 Å². The number of cyclic esters (lactones) is 1. The Kier molecular flexibility index (Phi) is 19.8. The van der Waals surface area contributed by atoms with Crippen LogP contribution in [0.25, 0.3) is 0 Å². The van der Waals surface area contributed by atoms with Crippen molar-refractivity contribution >= 4 is 17.7 Å². The van der Waals surface area contributed by atoms with Crippen LogP contribution in [0.1, 0.15) is 128 Å². The average Bonchev–Trinajstić information content (AvgIpc) is 3.19. The van der Waals surface area contributed by atoms with Gasteiger partial charge in [-0.1, -0.05) is 34.6 Å². The van der Waals surface area contributed by atoms with Gasteiger partial charge in [0.15, 0.2) is 24.8 Å². The number of ether oxygens (including phenoxy) is 7. The summed E-state index contributed by atoms with van der Waals surface area (Å²) < 4.78 is 44.7. The van der Waals surface area contributed by atoms with E-state index in [1.54, 1.807) is 62.3 Å². The van der Waals surface area contributed by atoms with Crippen molar-refractivity contribution in [3.63, 3.8) is 0 Å². The maximum Gasteiger partial charge on any atom is 0.311 e. The fourth-order valence-electron chi connectivity index (χ4n) is 10.2. The van der Waals surface area contributed by atoms with Crippen LogP contribution in [-0.4, -0.2) is 162 Å². The summed E-state index contributed by atoms with van der Waals surface area (Å²) in [6, 6.07) is -0.672. The fourth-order valence-corrected chi connectivity index (χ4v) is 10.2. The molecule has 3 saturated heterocycles. The number of aliphatic hydroxyl groups is 2. The number of nitrogens with zero attached hydrogens (tertiary/aromatic N) is 3. The minimum Gasteiger partial charge on any atom is -0.459 e. The molecule has 3 aliphatic heterocycles. The predicted octanol–water partition coefficient (Wildman–Crippen LogP) is 4.70. The molecule has 0 spiro atoms. The first-order chi connectivity index (χ1) is 29.2. The Morgan fingerprint density at radius 3 is 2.13 bits per heavy atom. The van der Waals surface area contributed by atoms with Crippen LogP contribution >= 0.6 is 0 Å². The summed E-state index contributed by atoms with van der Waals surface area (Å²) in [5, 5.41) is 36.0. The molecule has 0 saturated carbocycles. The molecule has 0 amide bonds. The fraction of sp³-hybridized carbons (Fsp3) is 0.933. The number of hydrogen-bond donors (Lipinski definition) is 2. The zero-order valence-electron chi connectivity index (χ0n) is 40.9. The van der Waals surface area contributed by atoms with Crippen LogP contribution in [0.3, 0.4) is 0 Å². The van der Waals surface area contributed by atoms with Gasteiger partial charge in [-0.15, -0.1) is 10.1 Å². The lowest BCUT2D eigenvalue weighted by Gasteiger charge is -2.49. The number of esters is 2. The summed E-state index contributed by atoms with van der Waals surface area (Å²) in [5.74, 6) is -4.03. The smallest absolute Gasteiger partial charge is 0.311 e. The summed E-state index contributed by atoms with van der Waals surface area (Å²) in [6.45, 7) is 21.5. The molecule has 366 valence electrons. The van der Waals surface area contributed by atoms with Crippen molar-refractivity contribution in [3.8, 4) is 0 Å². The molecular formula is C45H81N3O15. The number of rotatable bonds is 14. The monoisotopic (exact) mass is 904 g/mol. The van der Waals surface area contributed by atoms with Crippen molar-refractivity contribution < 1.29 is 67.7 Å². The Morgan fingerprint density at radius 1 is 0.952 bits per heavy atom. The van der Waals surface area contributed by atoms with E-state index in [0.717, 1.165) is 0 Å². The molecule has 3 aliphatic rings. The van der Waals surface area contributed by atoms with Gasteiger partial charge in [0.1, 0.15) is 17.5 Å². The van der Waals surface area contributed by atoms with E-state index in [0.29, 0.717) is 13.0 Å². The molecular weight excluding hydrogens is 823 g/mol. The second-order valence-electron chi connectivity index (χ2n) is 19.5. The Hall–Kier alpha value is -2.55. The van der Waals surface area contributed by atoms with Crippen molar-refractivity contribution in [2.45, 2.75) is 212 Å². The second-order valence-corrected chi connectivity index (χ2v) is 19.5. The highest BCUT2D eigenvalue weighted by molar-refractivity contribution is 5.78. The largest absolute Gasteiger partial charge is 0.459 e. The van der Waals surface area contributed by atoms with Gasteiger partial charge in [0, 0.05) is 57.2 Å². The SMILES string of the molecule is CCC(=O)C[C@@H]1[C@@H](C)N(C)C[C@H](C)C[C@@](C)(O)[C@H](O[C@@H]2O[C@H](C)C[C@H](N(C)C)[C@H]2OC(=O)CC)[C@@H](C)[C@H](O[C@H]2C[C@@](C)(OC)[C@@H](O[N+](=O)[O-])[C@H](C)O2)[C@@H](C)C(=O)O[C@H](CC)[C@@]1(C)O. The molecule has 0 aliphatic carbocycles. The Labute approximate surface area is 375 Å². The van der Waals surface area contributed by atoms with Crippen molar-refractivity contribution in [2.75, 3.05) is 34.8 Å². The van der Waals surface area contributed by atoms with Crippen LogP contribution in [0.15, 0.2) is 0 Å². The highest BCUT2D eigenvalue weighted by Gasteiger charge is 2.54. The van der Waals surface area contributed by atoms with Crippen LogP contribution < -0.4 is 0 Å². The van der Waals surface area contributed by atoms with E-state index < -0.39 is 101 Å². The van der Waals surface area contributed by atoms with Crippen LogP contribution in [0, 0.1) is 33.8 Å². The summed E-state index contributed by atoms with van der Waals surface area (Å²) in [6.07, 6.45) is -7.55. The van der Waals surface area contributed by atoms with Gasteiger partial charge < -0.3 is 58.0 Å². The number of ketones is 1. The molecule has 0 aromatic carbocycles. The standard InChI is InChI=1S/C45H81N3O15/c1-17-31(49)21-32-29(8)47(15)24-25(4)22-43(10,52)39(62-42-38(60-35(50)19-3)33(46(13)14)20-26(5)57-42)27(6)37(28(7)41(51)59-34(18-2)45(32,12)53)61-36-23-44(11,56-16)40(30(9)58-36)63-48(54)55/h25-30,32-34,36-40,42,52-53H,17-24H2,1-16H3/t25-,26-,27+,28-,29-,30+,32-,33+,34-,36+,37+,38-,39-,40+,42+,43-,44-,45+/m1/s1. The van der Waals surface area contributed by atoms with Gasteiger partial charge in [0.05, 0.1) is 47.6 Å². The van der Waals surface area contributed by atoms with E-state index in [9.17, 15) is 34.7 Å². The molecule has 3 rings (SSSR count). The van der Waals surface area contributed by atoms with Crippen molar-refractivity contribution in [2.24, 2.45) is 23.7 Å². The quantitative estimate of drug-likeness (QED) is 0.137. The van der Waals surface area contributed by atoms with E-state index in [1.165, 1.54) is 7.11 Å². The summed E-state index contributed by atoms with van der Waals surface area (Å²) in [4.78, 5) is 61.3. The Bertz CT molecular complexity index is 1520. The molecule has 2 N–H and O–H groups in total. The molecule has 63 heavy (non-hydrogen) atoms.